The predicted octanol–water partition coefficient (Wildman–Crippen LogP) is 2.90. The summed E-state index contributed by atoms with van der Waals surface area (Å²) in [6.07, 6.45) is 4.35. The molecule has 0 amide bonds. The average Bonchev–Trinajstić information content (AvgIpc) is 2.76. The highest BCUT2D eigenvalue weighted by atomic mass is 32.2. The first-order valence-corrected chi connectivity index (χ1v) is 7.67. The Balaban J connectivity index is 0.000000180. The fourth-order valence-electron chi connectivity index (χ4n) is 1.46. The van der Waals surface area contributed by atoms with Gasteiger partial charge in [0.1, 0.15) is 5.58 Å². The van der Waals surface area contributed by atoms with Gasteiger partial charge in [-0.3, -0.25) is 0 Å². The Hall–Kier alpha value is -1.33. The van der Waals surface area contributed by atoms with Gasteiger partial charge < -0.3 is 4.42 Å². The lowest BCUT2D eigenvalue weighted by molar-refractivity contribution is 0.592. The Bertz CT molecular complexity index is 530. The SMILES string of the molecule is CCCCCS(N)(=O)=O.c1ccc2occc2c1. The second-order valence-corrected chi connectivity index (χ2v) is 5.77. The van der Waals surface area contributed by atoms with Gasteiger partial charge in [0.15, 0.2) is 0 Å². The van der Waals surface area contributed by atoms with E-state index in [4.69, 9.17) is 9.56 Å². The van der Waals surface area contributed by atoms with Crippen molar-refractivity contribution in [2.24, 2.45) is 5.14 Å². The van der Waals surface area contributed by atoms with Crippen molar-refractivity contribution in [3.05, 3.63) is 36.6 Å². The number of benzene rings is 1. The van der Waals surface area contributed by atoms with E-state index in [0.29, 0.717) is 6.42 Å². The van der Waals surface area contributed by atoms with E-state index < -0.39 is 10.0 Å². The highest BCUT2D eigenvalue weighted by molar-refractivity contribution is 7.89. The molecule has 0 aliphatic heterocycles. The van der Waals surface area contributed by atoms with Gasteiger partial charge in [-0.15, -0.1) is 0 Å². The Morgan fingerprint density at radius 1 is 1.17 bits per heavy atom. The molecule has 0 aliphatic carbocycles. The van der Waals surface area contributed by atoms with Gasteiger partial charge in [-0.1, -0.05) is 38.0 Å². The van der Waals surface area contributed by atoms with Gasteiger partial charge in [-0.25, -0.2) is 13.6 Å². The zero-order chi connectivity index (χ0) is 13.4. The van der Waals surface area contributed by atoms with Crippen LogP contribution in [0.5, 0.6) is 0 Å². The van der Waals surface area contributed by atoms with Crippen molar-refractivity contribution in [1.29, 1.82) is 0 Å². The Morgan fingerprint density at radius 2 is 1.89 bits per heavy atom. The largest absolute Gasteiger partial charge is 0.464 e. The lowest BCUT2D eigenvalue weighted by atomic mass is 10.3. The molecule has 1 aromatic carbocycles. The number of para-hydroxylation sites is 1. The maximum absolute atomic E-state index is 10.3. The smallest absolute Gasteiger partial charge is 0.209 e. The summed E-state index contributed by atoms with van der Waals surface area (Å²) in [5, 5.41) is 5.91. The highest BCUT2D eigenvalue weighted by Gasteiger charge is 1.99. The van der Waals surface area contributed by atoms with E-state index in [-0.39, 0.29) is 5.75 Å². The van der Waals surface area contributed by atoms with E-state index in [1.807, 2.05) is 37.3 Å². The second kappa shape index (κ2) is 7.18. The van der Waals surface area contributed by atoms with Crippen molar-refractivity contribution in [3.8, 4) is 0 Å². The summed E-state index contributed by atoms with van der Waals surface area (Å²) in [7, 11) is -3.20. The molecule has 0 aliphatic rings. The summed E-state index contributed by atoms with van der Waals surface area (Å²) in [4.78, 5) is 0. The van der Waals surface area contributed by atoms with Crippen LogP contribution in [0.25, 0.3) is 11.0 Å². The summed E-state index contributed by atoms with van der Waals surface area (Å²) < 4.78 is 25.7. The second-order valence-electron chi connectivity index (χ2n) is 4.03. The summed E-state index contributed by atoms with van der Waals surface area (Å²) in [5.74, 6) is 0.126. The maximum atomic E-state index is 10.3. The van der Waals surface area contributed by atoms with E-state index in [1.54, 1.807) is 6.26 Å². The molecule has 5 heteroatoms. The number of furan rings is 1. The molecule has 2 rings (SSSR count). The molecule has 4 nitrogen and oxygen atoms in total. The normalized spacial score (nSPS) is 11.0. The zero-order valence-corrected chi connectivity index (χ0v) is 11.3. The van der Waals surface area contributed by atoms with Gasteiger partial charge in [-0.05, 0) is 18.6 Å². The van der Waals surface area contributed by atoms with Crippen LogP contribution in [-0.2, 0) is 10.0 Å². The summed E-state index contributed by atoms with van der Waals surface area (Å²) in [6, 6.07) is 9.90. The number of primary sulfonamides is 1. The van der Waals surface area contributed by atoms with Crippen LogP contribution in [0.3, 0.4) is 0 Å². The van der Waals surface area contributed by atoms with Crippen LogP contribution in [0.15, 0.2) is 41.0 Å². The van der Waals surface area contributed by atoms with E-state index >= 15 is 0 Å². The number of hydrogen-bond donors (Lipinski definition) is 1. The summed E-state index contributed by atoms with van der Waals surface area (Å²) >= 11 is 0. The third kappa shape index (κ3) is 5.84. The molecule has 18 heavy (non-hydrogen) atoms. The van der Waals surface area contributed by atoms with E-state index in [0.717, 1.165) is 23.8 Å². The molecule has 2 N–H and O–H groups in total. The van der Waals surface area contributed by atoms with Crippen LogP contribution in [0, 0.1) is 0 Å². The van der Waals surface area contributed by atoms with Gasteiger partial charge in [-0.2, -0.15) is 0 Å². The van der Waals surface area contributed by atoms with Gasteiger partial charge in [0, 0.05) is 5.39 Å². The first-order valence-electron chi connectivity index (χ1n) is 5.95. The molecule has 0 radical (unpaired) electrons. The monoisotopic (exact) mass is 269 g/mol. The molecule has 0 spiro atoms. The van der Waals surface area contributed by atoms with Crippen LogP contribution in [0.2, 0.25) is 0 Å². The molecule has 0 saturated heterocycles. The van der Waals surface area contributed by atoms with Crippen LogP contribution in [0.4, 0.5) is 0 Å². The van der Waals surface area contributed by atoms with E-state index in [2.05, 4.69) is 0 Å². The number of fused-ring (bicyclic) bond motifs is 1. The van der Waals surface area contributed by atoms with Crippen molar-refractivity contribution >= 4 is 21.0 Å². The number of unbranched alkanes of at least 4 members (excludes halogenated alkanes) is 2. The number of rotatable bonds is 4. The molecular formula is C13H19NO3S. The van der Waals surface area contributed by atoms with Crippen LogP contribution < -0.4 is 5.14 Å². The number of sulfonamides is 1. The van der Waals surface area contributed by atoms with Crippen LogP contribution >= 0.6 is 0 Å². The standard InChI is InChI=1S/C8H6O.C5H13NO2S/c1-2-4-8-7(3-1)5-6-9-8;1-2-3-4-5-9(6,7)8/h1-6H;2-5H2,1H3,(H2,6,7,8). The molecular weight excluding hydrogens is 250 g/mol. The number of hydrogen-bond acceptors (Lipinski definition) is 3. The Morgan fingerprint density at radius 3 is 2.50 bits per heavy atom. The molecule has 100 valence electrons. The fraction of sp³-hybridized carbons (Fsp3) is 0.385. The molecule has 0 bridgehead atoms. The van der Waals surface area contributed by atoms with E-state index in [1.165, 1.54) is 0 Å². The molecule has 1 aromatic heterocycles. The molecule has 0 fully saturated rings. The van der Waals surface area contributed by atoms with Crippen molar-refractivity contribution in [1.82, 2.24) is 0 Å². The quantitative estimate of drug-likeness (QED) is 0.867. The van der Waals surface area contributed by atoms with Gasteiger partial charge in [0.05, 0.1) is 12.0 Å². The highest BCUT2D eigenvalue weighted by Crippen LogP contribution is 2.12. The van der Waals surface area contributed by atoms with Crippen molar-refractivity contribution < 1.29 is 12.8 Å². The average molecular weight is 269 g/mol. The fourth-order valence-corrected chi connectivity index (χ4v) is 2.07. The lowest BCUT2D eigenvalue weighted by Gasteiger charge is -1.94. The minimum Gasteiger partial charge on any atom is -0.464 e. The minimum absolute atomic E-state index is 0.126. The maximum Gasteiger partial charge on any atom is 0.209 e. The number of nitrogens with two attached hydrogens (primary N) is 1. The topological polar surface area (TPSA) is 73.3 Å². The third-order valence-electron chi connectivity index (χ3n) is 2.39. The van der Waals surface area contributed by atoms with Crippen LogP contribution in [0.1, 0.15) is 26.2 Å². The summed E-state index contributed by atoms with van der Waals surface area (Å²) in [5.41, 5.74) is 0.956. The van der Waals surface area contributed by atoms with Gasteiger partial charge in [0.25, 0.3) is 0 Å². The third-order valence-corrected chi connectivity index (χ3v) is 3.25. The van der Waals surface area contributed by atoms with Gasteiger partial charge in [0.2, 0.25) is 10.0 Å². The van der Waals surface area contributed by atoms with Crippen molar-refractivity contribution in [3.63, 3.8) is 0 Å². The molecule has 0 saturated carbocycles. The first-order chi connectivity index (χ1) is 8.53. The Labute approximate surface area is 108 Å². The van der Waals surface area contributed by atoms with Crippen LogP contribution in [-0.4, -0.2) is 14.2 Å². The zero-order valence-electron chi connectivity index (χ0n) is 10.5. The summed E-state index contributed by atoms with van der Waals surface area (Å²) in [6.45, 7) is 2.02. The molecule has 0 unspecified atom stereocenters. The van der Waals surface area contributed by atoms with Crippen molar-refractivity contribution in [2.45, 2.75) is 26.2 Å². The first kappa shape index (κ1) is 14.7. The lowest BCUT2D eigenvalue weighted by Crippen LogP contribution is -2.16. The minimum atomic E-state index is -3.20. The molecule has 2 aromatic rings. The molecule has 1 heterocycles. The van der Waals surface area contributed by atoms with E-state index in [9.17, 15) is 8.42 Å². The van der Waals surface area contributed by atoms with Crippen molar-refractivity contribution in [2.75, 3.05) is 5.75 Å². The molecule has 0 atom stereocenters. The Kier molecular flexibility index (Phi) is 5.88. The van der Waals surface area contributed by atoms with Gasteiger partial charge >= 0.3 is 0 Å². The predicted molar refractivity (Wildman–Crippen MR) is 73.7 cm³/mol.